The Balaban J connectivity index is 2.60. The second kappa shape index (κ2) is 5.12. The Morgan fingerprint density at radius 3 is 2.61 bits per heavy atom. The predicted octanol–water partition coefficient (Wildman–Crippen LogP) is 2.76. The largest absolute Gasteiger partial charge is 0.373 e. The van der Waals surface area contributed by atoms with E-state index in [1.807, 2.05) is 33.2 Å². The summed E-state index contributed by atoms with van der Waals surface area (Å²) in [5.74, 6) is 1.64. The molecule has 0 saturated carbocycles. The first-order chi connectivity index (χ1) is 8.67. The van der Waals surface area contributed by atoms with Crippen LogP contribution in [-0.2, 0) is 6.42 Å². The van der Waals surface area contributed by atoms with Crippen LogP contribution >= 0.6 is 0 Å². The molecule has 0 radical (unpaired) electrons. The van der Waals surface area contributed by atoms with E-state index in [1.54, 1.807) is 6.20 Å². The molecular formula is C14H18N4. The van der Waals surface area contributed by atoms with Gasteiger partial charge in [0.15, 0.2) is 5.82 Å². The maximum absolute atomic E-state index is 4.59. The molecule has 4 heteroatoms. The number of aryl methyl sites for hydroxylation is 2. The van der Waals surface area contributed by atoms with E-state index in [4.69, 9.17) is 0 Å². The van der Waals surface area contributed by atoms with Crippen molar-refractivity contribution >= 4 is 5.82 Å². The van der Waals surface area contributed by atoms with Gasteiger partial charge >= 0.3 is 0 Å². The van der Waals surface area contributed by atoms with Gasteiger partial charge in [0.05, 0.1) is 0 Å². The Labute approximate surface area is 108 Å². The number of hydrogen-bond acceptors (Lipinski definition) is 4. The van der Waals surface area contributed by atoms with Gasteiger partial charge in [-0.15, -0.1) is 0 Å². The van der Waals surface area contributed by atoms with Crippen LogP contribution in [0.5, 0.6) is 0 Å². The summed E-state index contributed by atoms with van der Waals surface area (Å²) >= 11 is 0. The molecule has 0 atom stereocenters. The highest BCUT2D eigenvalue weighted by Crippen LogP contribution is 2.23. The first-order valence-corrected chi connectivity index (χ1v) is 6.13. The maximum Gasteiger partial charge on any atom is 0.163 e. The number of anilines is 1. The molecule has 0 bridgehead atoms. The van der Waals surface area contributed by atoms with E-state index < -0.39 is 0 Å². The molecule has 94 valence electrons. The summed E-state index contributed by atoms with van der Waals surface area (Å²) in [6.07, 6.45) is 4.52. The van der Waals surface area contributed by atoms with Crippen molar-refractivity contribution in [3.05, 3.63) is 35.3 Å². The van der Waals surface area contributed by atoms with E-state index in [0.717, 1.165) is 34.9 Å². The minimum Gasteiger partial charge on any atom is -0.373 e. The third kappa shape index (κ3) is 2.18. The zero-order valence-corrected chi connectivity index (χ0v) is 11.3. The third-order valence-electron chi connectivity index (χ3n) is 3.08. The Hall–Kier alpha value is -1.97. The van der Waals surface area contributed by atoms with Gasteiger partial charge in [0.1, 0.15) is 5.82 Å². The lowest BCUT2D eigenvalue weighted by Crippen LogP contribution is -2.05. The first kappa shape index (κ1) is 12.5. The molecule has 2 aromatic rings. The fraction of sp³-hybridized carbons (Fsp3) is 0.357. The number of nitrogens with zero attached hydrogens (tertiary/aromatic N) is 3. The normalized spacial score (nSPS) is 10.4. The molecule has 1 N–H and O–H groups in total. The van der Waals surface area contributed by atoms with Crippen molar-refractivity contribution in [2.24, 2.45) is 0 Å². The molecule has 0 aromatic carbocycles. The molecule has 2 rings (SSSR count). The third-order valence-corrected chi connectivity index (χ3v) is 3.08. The van der Waals surface area contributed by atoms with Gasteiger partial charge in [-0.25, -0.2) is 9.97 Å². The molecule has 0 unspecified atom stereocenters. The smallest absolute Gasteiger partial charge is 0.163 e. The fourth-order valence-electron chi connectivity index (χ4n) is 2.04. The lowest BCUT2D eigenvalue weighted by molar-refractivity contribution is 0.999. The van der Waals surface area contributed by atoms with Crippen molar-refractivity contribution in [1.29, 1.82) is 0 Å². The molecular weight excluding hydrogens is 224 g/mol. The lowest BCUT2D eigenvalue weighted by atomic mass is 10.1. The Bertz CT molecular complexity index is 564. The van der Waals surface area contributed by atoms with Crippen LogP contribution in [0.4, 0.5) is 5.82 Å². The molecule has 0 aliphatic rings. The van der Waals surface area contributed by atoms with Crippen LogP contribution in [0, 0.1) is 13.8 Å². The van der Waals surface area contributed by atoms with Gasteiger partial charge in [-0.1, -0.05) is 6.92 Å². The van der Waals surface area contributed by atoms with Crippen molar-refractivity contribution in [2.45, 2.75) is 27.2 Å². The summed E-state index contributed by atoms with van der Waals surface area (Å²) < 4.78 is 0. The van der Waals surface area contributed by atoms with Gasteiger partial charge in [-0.2, -0.15) is 0 Å². The predicted molar refractivity (Wildman–Crippen MR) is 73.7 cm³/mol. The van der Waals surface area contributed by atoms with Crippen molar-refractivity contribution < 1.29 is 0 Å². The molecule has 18 heavy (non-hydrogen) atoms. The zero-order chi connectivity index (χ0) is 13.1. The molecule has 2 heterocycles. The molecule has 0 aliphatic heterocycles. The van der Waals surface area contributed by atoms with Crippen LogP contribution < -0.4 is 5.32 Å². The molecule has 0 saturated heterocycles. The molecule has 0 amide bonds. The van der Waals surface area contributed by atoms with E-state index in [0.29, 0.717) is 0 Å². The summed E-state index contributed by atoms with van der Waals surface area (Å²) in [6, 6.07) is 1.97. The number of pyridine rings is 1. The number of rotatable bonds is 3. The van der Waals surface area contributed by atoms with Crippen LogP contribution in [0.3, 0.4) is 0 Å². The quantitative estimate of drug-likeness (QED) is 0.899. The van der Waals surface area contributed by atoms with Crippen molar-refractivity contribution in [3.63, 3.8) is 0 Å². The van der Waals surface area contributed by atoms with Gasteiger partial charge < -0.3 is 5.32 Å². The van der Waals surface area contributed by atoms with E-state index >= 15 is 0 Å². The first-order valence-electron chi connectivity index (χ1n) is 6.13. The number of hydrogen-bond donors (Lipinski definition) is 1. The van der Waals surface area contributed by atoms with Crippen molar-refractivity contribution in [1.82, 2.24) is 15.0 Å². The van der Waals surface area contributed by atoms with E-state index in [-0.39, 0.29) is 0 Å². The Morgan fingerprint density at radius 1 is 1.22 bits per heavy atom. The highest BCUT2D eigenvalue weighted by atomic mass is 15.0. The van der Waals surface area contributed by atoms with Crippen LogP contribution in [0.1, 0.15) is 23.7 Å². The average Bonchev–Trinajstić information content (AvgIpc) is 2.38. The van der Waals surface area contributed by atoms with Gasteiger partial charge in [0.25, 0.3) is 0 Å². The summed E-state index contributed by atoms with van der Waals surface area (Å²) in [5.41, 5.74) is 4.31. The number of nitrogens with one attached hydrogen (secondary N) is 1. The van der Waals surface area contributed by atoms with Crippen LogP contribution in [0.25, 0.3) is 11.4 Å². The van der Waals surface area contributed by atoms with Gasteiger partial charge in [-0.3, -0.25) is 4.98 Å². The minimum absolute atomic E-state index is 0.736. The summed E-state index contributed by atoms with van der Waals surface area (Å²) in [7, 11) is 1.89. The molecule has 0 spiro atoms. The standard InChI is InChI=1S/C14H18N4/c1-5-11-10(3)17-14(18-13(11)15-4)12-8-16-7-6-9(12)2/h6-8H,5H2,1-4H3,(H,15,17,18). The van der Waals surface area contributed by atoms with Gasteiger partial charge in [-0.05, 0) is 31.9 Å². The molecule has 0 aliphatic carbocycles. The molecule has 0 fully saturated rings. The lowest BCUT2D eigenvalue weighted by Gasteiger charge is -2.12. The second-order valence-corrected chi connectivity index (χ2v) is 4.25. The Kier molecular flexibility index (Phi) is 3.55. The van der Waals surface area contributed by atoms with Crippen LogP contribution in [0.2, 0.25) is 0 Å². The Morgan fingerprint density at radius 2 is 2.00 bits per heavy atom. The van der Waals surface area contributed by atoms with Crippen LogP contribution in [0.15, 0.2) is 18.5 Å². The highest BCUT2D eigenvalue weighted by molar-refractivity contribution is 5.62. The van der Waals surface area contributed by atoms with Gasteiger partial charge in [0, 0.05) is 36.3 Å². The van der Waals surface area contributed by atoms with Gasteiger partial charge in [0.2, 0.25) is 0 Å². The summed E-state index contributed by atoms with van der Waals surface area (Å²) in [6.45, 7) is 6.18. The van der Waals surface area contributed by atoms with E-state index in [1.165, 1.54) is 5.56 Å². The fourth-order valence-corrected chi connectivity index (χ4v) is 2.04. The monoisotopic (exact) mass is 242 g/mol. The number of aromatic nitrogens is 3. The van der Waals surface area contributed by atoms with Crippen molar-refractivity contribution in [3.8, 4) is 11.4 Å². The van der Waals surface area contributed by atoms with E-state index in [9.17, 15) is 0 Å². The minimum atomic E-state index is 0.736. The topological polar surface area (TPSA) is 50.7 Å². The summed E-state index contributed by atoms with van der Waals surface area (Å²) in [4.78, 5) is 13.3. The van der Waals surface area contributed by atoms with Crippen molar-refractivity contribution in [2.75, 3.05) is 12.4 Å². The van der Waals surface area contributed by atoms with E-state index in [2.05, 4.69) is 27.2 Å². The average molecular weight is 242 g/mol. The SMILES string of the molecule is CCc1c(C)nc(-c2cnccc2C)nc1NC. The maximum atomic E-state index is 4.59. The molecule has 2 aromatic heterocycles. The highest BCUT2D eigenvalue weighted by Gasteiger charge is 2.11. The zero-order valence-electron chi connectivity index (χ0n) is 11.3. The summed E-state index contributed by atoms with van der Waals surface area (Å²) in [5, 5.41) is 3.15. The molecule has 4 nitrogen and oxygen atoms in total. The second-order valence-electron chi connectivity index (χ2n) is 4.25. The van der Waals surface area contributed by atoms with Crippen LogP contribution in [-0.4, -0.2) is 22.0 Å².